The van der Waals surface area contributed by atoms with Gasteiger partial charge in [-0.3, -0.25) is 0 Å². The number of sulfone groups is 1. The van der Waals surface area contributed by atoms with Crippen molar-refractivity contribution in [2.45, 2.75) is 17.6 Å². The van der Waals surface area contributed by atoms with Crippen LogP contribution in [0, 0.1) is 6.92 Å². The fraction of sp³-hybridized carbons (Fsp3) is 0.105. The van der Waals surface area contributed by atoms with E-state index in [1.807, 2.05) is 6.92 Å². The molecule has 7 heteroatoms. The van der Waals surface area contributed by atoms with Crippen molar-refractivity contribution in [1.82, 2.24) is 0 Å². The van der Waals surface area contributed by atoms with Gasteiger partial charge in [-0.05, 0) is 42.8 Å². The number of furan rings is 1. The molecule has 0 bridgehead atoms. The van der Waals surface area contributed by atoms with Crippen LogP contribution < -0.4 is 4.74 Å². The fourth-order valence-electron chi connectivity index (χ4n) is 2.38. The lowest BCUT2D eigenvalue weighted by Crippen LogP contribution is -2.13. The van der Waals surface area contributed by atoms with Gasteiger partial charge in [0.15, 0.2) is 9.84 Å². The van der Waals surface area contributed by atoms with Gasteiger partial charge in [-0.25, -0.2) is 13.2 Å². The minimum atomic E-state index is -3.62. The van der Waals surface area contributed by atoms with Crippen LogP contribution in [0.2, 0.25) is 5.02 Å². The third-order valence-corrected chi connectivity index (χ3v) is 5.66. The Kier molecular flexibility index (Phi) is 5.15. The molecule has 5 nitrogen and oxygen atoms in total. The quantitative estimate of drug-likeness (QED) is 0.475. The summed E-state index contributed by atoms with van der Waals surface area (Å²) in [5, 5.41) is 0.272. The van der Waals surface area contributed by atoms with Crippen molar-refractivity contribution in [3.63, 3.8) is 0 Å². The van der Waals surface area contributed by atoms with Crippen molar-refractivity contribution in [3.05, 3.63) is 82.8 Å². The van der Waals surface area contributed by atoms with Gasteiger partial charge in [0.05, 0.1) is 21.9 Å². The predicted octanol–water partition coefficient (Wildman–Crippen LogP) is 4.43. The molecule has 0 saturated heterocycles. The topological polar surface area (TPSA) is 73.6 Å². The second-order valence-electron chi connectivity index (χ2n) is 5.67. The Labute approximate surface area is 156 Å². The minimum Gasteiger partial charge on any atom is -0.457 e. The number of carbonyl (C=O) groups excluding carboxylic acids is 1. The number of benzene rings is 2. The monoisotopic (exact) mass is 390 g/mol. The molecule has 0 saturated carbocycles. The van der Waals surface area contributed by atoms with Crippen LogP contribution in [0.3, 0.4) is 0 Å². The Bertz CT molecular complexity index is 1040. The average molecular weight is 391 g/mol. The molecule has 3 rings (SSSR count). The van der Waals surface area contributed by atoms with Crippen molar-refractivity contribution in [3.8, 4) is 5.75 Å². The van der Waals surface area contributed by atoms with Gasteiger partial charge < -0.3 is 9.15 Å². The molecule has 0 unspecified atom stereocenters. The Balaban J connectivity index is 1.84. The highest BCUT2D eigenvalue weighted by atomic mass is 35.5. The standard InChI is InChI=1S/C19H15ClO5S/c1-13-7-8-16(20)17(11-13)25-19(21)18-14(9-10-24-18)12-26(22,23)15-5-3-2-4-6-15/h2-11H,12H2,1H3. The summed E-state index contributed by atoms with van der Waals surface area (Å²) in [5.41, 5.74) is 1.09. The Morgan fingerprint density at radius 1 is 1.12 bits per heavy atom. The van der Waals surface area contributed by atoms with Gasteiger partial charge >= 0.3 is 5.97 Å². The molecule has 0 amide bonds. The number of hydrogen-bond acceptors (Lipinski definition) is 5. The number of esters is 1. The van der Waals surface area contributed by atoms with Crippen LogP contribution in [-0.2, 0) is 15.6 Å². The fourth-order valence-corrected chi connectivity index (χ4v) is 3.91. The van der Waals surface area contributed by atoms with Crippen molar-refractivity contribution >= 4 is 27.4 Å². The first kappa shape index (κ1) is 18.2. The van der Waals surface area contributed by atoms with E-state index < -0.39 is 15.8 Å². The summed E-state index contributed by atoms with van der Waals surface area (Å²) in [6.45, 7) is 1.83. The lowest BCUT2D eigenvalue weighted by molar-refractivity contribution is 0.0700. The number of hydrogen-bond donors (Lipinski definition) is 0. The smallest absolute Gasteiger partial charge is 0.379 e. The van der Waals surface area contributed by atoms with E-state index in [1.54, 1.807) is 36.4 Å². The second-order valence-corrected chi connectivity index (χ2v) is 8.07. The van der Waals surface area contributed by atoms with Crippen molar-refractivity contribution < 1.29 is 22.4 Å². The second kappa shape index (κ2) is 7.35. The summed E-state index contributed by atoms with van der Waals surface area (Å²) < 4.78 is 35.5. The number of carbonyl (C=O) groups is 1. The molecule has 0 spiro atoms. The van der Waals surface area contributed by atoms with E-state index in [-0.39, 0.29) is 32.7 Å². The van der Waals surface area contributed by atoms with Gasteiger partial charge in [0.25, 0.3) is 0 Å². The summed E-state index contributed by atoms with van der Waals surface area (Å²) in [4.78, 5) is 12.6. The average Bonchev–Trinajstić information content (AvgIpc) is 3.06. The third kappa shape index (κ3) is 3.98. The van der Waals surface area contributed by atoms with Gasteiger partial charge in [-0.15, -0.1) is 0 Å². The lowest BCUT2D eigenvalue weighted by Gasteiger charge is -2.07. The maximum absolute atomic E-state index is 12.5. The largest absolute Gasteiger partial charge is 0.457 e. The molecule has 0 N–H and O–H groups in total. The molecule has 0 fully saturated rings. The van der Waals surface area contributed by atoms with Crippen LogP contribution in [0.1, 0.15) is 21.7 Å². The highest BCUT2D eigenvalue weighted by molar-refractivity contribution is 7.90. The lowest BCUT2D eigenvalue weighted by atomic mass is 10.2. The normalized spacial score (nSPS) is 11.3. The maximum atomic E-state index is 12.5. The number of rotatable bonds is 5. The molecule has 0 atom stereocenters. The number of ether oxygens (including phenoxy) is 1. The first-order valence-electron chi connectivity index (χ1n) is 7.69. The van der Waals surface area contributed by atoms with Crippen LogP contribution in [-0.4, -0.2) is 14.4 Å². The highest BCUT2D eigenvalue weighted by Gasteiger charge is 2.24. The molecule has 26 heavy (non-hydrogen) atoms. The van der Waals surface area contributed by atoms with Gasteiger partial charge in [0.2, 0.25) is 5.76 Å². The summed E-state index contributed by atoms with van der Waals surface area (Å²) in [6, 6.07) is 14.4. The number of halogens is 1. The summed E-state index contributed by atoms with van der Waals surface area (Å²) in [5.74, 6) is -1.16. The van der Waals surface area contributed by atoms with Gasteiger partial charge in [-0.1, -0.05) is 35.9 Å². The van der Waals surface area contributed by atoms with Crippen LogP contribution in [0.25, 0.3) is 0 Å². The van der Waals surface area contributed by atoms with Gasteiger partial charge in [0, 0.05) is 5.56 Å². The summed E-state index contributed by atoms with van der Waals surface area (Å²) >= 11 is 6.02. The van der Waals surface area contributed by atoms with E-state index in [9.17, 15) is 13.2 Å². The molecule has 0 aliphatic carbocycles. The number of aryl methyl sites for hydroxylation is 1. The summed E-state index contributed by atoms with van der Waals surface area (Å²) in [6.07, 6.45) is 1.25. The Morgan fingerprint density at radius 2 is 1.85 bits per heavy atom. The van der Waals surface area contributed by atoms with Gasteiger partial charge in [-0.2, -0.15) is 0 Å². The van der Waals surface area contributed by atoms with Crippen LogP contribution in [0.5, 0.6) is 5.75 Å². The first-order valence-corrected chi connectivity index (χ1v) is 9.72. The van der Waals surface area contributed by atoms with Crippen LogP contribution in [0.4, 0.5) is 0 Å². The zero-order valence-corrected chi connectivity index (χ0v) is 15.4. The van der Waals surface area contributed by atoms with E-state index in [1.165, 1.54) is 24.5 Å². The predicted molar refractivity (Wildman–Crippen MR) is 97.2 cm³/mol. The first-order chi connectivity index (χ1) is 12.4. The molecule has 1 aromatic heterocycles. The molecule has 0 aliphatic rings. The maximum Gasteiger partial charge on any atom is 0.379 e. The Hall–Kier alpha value is -2.57. The zero-order chi connectivity index (χ0) is 18.7. The molecule has 1 heterocycles. The van der Waals surface area contributed by atoms with E-state index in [4.69, 9.17) is 20.8 Å². The van der Waals surface area contributed by atoms with Gasteiger partial charge in [0.1, 0.15) is 5.75 Å². The molecule has 134 valence electrons. The van der Waals surface area contributed by atoms with E-state index in [0.29, 0.717) is 0 Å². The van der Waals surface area contributed by atoms with E-state index in [2.05, 4.69) is 0 Å². The van der Waals surface area contributed by atoms with Crippen molar-refractivity contribution in [2.24, 2.45) is 0 Å². The molecular formula is C19H15ClO5S. The van der Waals surface area contributed by atoms with E-state index >= 15 is 0 Å². The van der Waals surface area contributed by atoms with Crippen LogP contribution in [0.15, 0.2) is 70.2 Å². The third-order valence-electron chi connectivity index (χ3n) is 3.67. The highest BCUT2D eigenvalue weighted by Crippen LogP contribution is 2.27. The molecule has 0 aliphatic heterocycles. The molecule has 0 radical (unpaired) electrons. The molecule has 3 aromatic rings. The van der Waals surface area contributed by atoms with Crippen molar-refractivity contribution in [1.29, 1.82) is 0 Å². The Morgan fingerprint density at radius 3 is 2.58 bits per heavy atom. The minimum absolute atomic E-state index is 0.165. The molecule has 2 aromatic carbocycles. The molecular weight excluding hydrogens is 376 g/mol. The van der Waals surface area contributed by atoms with Crippen molar-refractivity contribution in [2.75, 3.05) is 0 Å². The van der Waals surface area contributed by atoms with E-state index in [0.717, 1.165) is 5.56 Å². The van der Waals surface area contributed by atoms with Crippen LogP contribution >= 0.6 is 11.6 Å². The summed E-state index contributed by atoms with van der Waals surface area (Å²) in [7, 11) is -3.62. The zero-order valence-electron chi connectivity index (χ0n) is 13.8. The SMILES string of the molecule is Cc1ccc(Cl)c(OC(=O)c2occc2CS(=O)(=O)c2ccccc2)c1.